The molecule has 20 heavy (non-hydrogen) atoms. The van der Waals surface area contributed by atoms with E-state index in [9.17, 15) is 14.4 Å². The number of hydrogen-bond acceptors (Lipinski definition) is 5. The fourth-order valence-electron chi connectivity index (χ4n) is 1.53. The first kappa shape index (κ1) is 15.7. The molecule has 1 aromatic rings. The van der Waals surface area contributed by atoms with Crippen LogP contribution >= 0.6 is 0 Å². The predicted molar refractivity (Wildman–Crippen MR) is 68.6 cm³/mol. The van der Waals surface area contributed by atoms with E-state index in [1.165, 1.54) is 0 Å². The first-order valence-electron chi connectivity index (χ1n) is 6.02. The first-order valence-corrected chi connectivity index (χ1v) is 6.02. The molecule has 0 aliphatic rings. The van der Waals surface area contributed by atoms with Crippen molar-refractivity contribution in [3.63, 3.8) is 0 Å². The molecule has 0 aliphatic carbocycles. The lowest BCUT2D eigenvalue weighted by Gasteiger charge is -2.10. The Morgan fingerprint density at radius 2 is 1.70 bits per heavy atom. The van der Waals surface area contributed by atoms with Gasteiger partial charge in [-0.25, -0.2) is 0 Å². The summed E-state index contributed by atoms with van der Waals surface area (Å²) < 4.78 is 9.36. The molecule has 0 fully saturated rings. The fraction of sp³-hybridized carbons (Fsp3) is 0.357. The third kappa shape index (κ3) is 5.51. The molecular formula is C14H16O6. The van der Waals surface area contributed by atoms with Crippen LogP contribution in [0.25, 0.3) is 0 Å². The molecule has 0 bridgehead atoms. The molecule has 1 unspecified atom stereocenters. The largest absolute Gasteiger partial charge is 0.481 e. The van der Waals surface area contributed by atoms with Crippen molar-refractivity contribution >= 4 is 17.9 Å². The molecule has 1 atom stereocenters. The maximum absolute atomic E-state index is 11.6. The Morgan fingerprint density at radius 1 is 1.10 bits per heavy atom. The van der Waals surface area contributed by atoms with Crippen LogP contribution in [0, 0.1) is 5.92 Å². The van der Waals surface area contributed by atoms with Gasteiger partial charge in [0, 0.05) is 0 Å². The molecule has 0 heterocycles. The maximum atomic E-state index is 11.6. The van der Waals surface area contributed by atoms with Crippen molar-refractivity contribution in [2.24, 2.45) is 5.92 Å². The second kappa shape index (κ2) is 7.93. The maximum Gasteiger partial charge on any atom is 0.307 e. The molecule has 0 radical (unpaired) electrons. The van der Waals surface area contributed by atoms with Gasteiger partial charge in [-0.2, -0.15) is 0 Å². The van der Waals surface area contributed by atoms with Gasteiger partial charge >= 0.3 is 17.9 Å². The molecular weight excluding hydrogens is 264 g/mol. The van der Waals surface area contributed by atoms with E-state index in [1.54, 1.807) is 24.3 Å². The summed E-state index contributed by atoms with van der Waals surface area (Å²) in [5, 5.41) is 8.94. The zero-order valence-corrected chi connectivity index (χ0v) is 11.1. The molecule has 0 aliphatic heterocycles. The van der Waals surface area contributed by atoms with Gasteiger partial charge in [0.2, 0.25) is 0 Å². The molecule has 1 N–H and O–H groups in total. The average Bonchev–Trinajstić information content (AvgIpc) is 2.45. The van der Waals surface area contributed by atoms with E-state index in [4.69, 9.17) is 9.84 Å². The van der Waals surface area contributed by atoms with E-state index in [0.29, 0.717) is 0 Å². The molecule has 6 nitrogen and oxygen atoms in total. The number of carbonyl (C=O) groups is 3. The highest BCUT2D eigenvalue weighted by atomic mass is 16.5. The molecule has 1 aromatic carbocycles. The molecule has 0 spiro atoms. The summed E-state index contributed by atoms with van der Waals surface area (Å²) in [4.78, 5) is 33.6. The minimum atomic E-state index is -1.23. The third-order valence-corrected chi connectivity index (χ3v) is 2.65. The Labute approximate surface area is 116 Å². The number of methoxy groups -OCH3 is 1. The Hall–Kier alpha value is -2.37. The SMILES string of the molecule is COC(=O)CC(CC(=O)OCc1ccccc1)C(=O)O. The quantitative estimate of drug-likeness (QED) is 0.759. The Kier molecular flexibility index (Phi) is 6.22. The van der Waals surface area contributed by atoms with Gasteiger partial charge in [-0.15, -0.1) is 0 Å². The van der Waals surface area contributed by atoms with Gasteiger partial charge in [0.05, 0.1) is 25.9 Å². The summed E-state index contributed by atoms with van der Waals surface area (Å²) >= 11 is 0. The van der Waals surface area contributed by atoms with Crippen molar-refractivity contribution in [3.8, 4) is 0 Å². The zero-order chi connectivity index (χ0) is 15.0. The second-order valence-corrected chi connectivity index (χ2v) is 4.17. The van der Waals surface area contributed by atoms with Gasteiger partial charge < -0.3 is 14.6 Å². The molecule has 1 rings (SSSR count). The Bertz CT molecular complexity index is 468. The van der Waals surface area contributed by atoms with Gasteiger partial charge in [0.1, 0.15) is 6.61 Å². The highest BCUT2D eigenvalue weighted by molar-refractivity contribution is 5.83. The van der Waals surface area contributed by atoms with E-state index >= 15 is 0 Å². The number of carboxylic acids is 1. The molecule has 0 saturated carbocycles. The Morgan fingerprint density at radius 3 is 2.25 bits per heavy atom. The summed E-state index contributed by atoms with van der Waals surface area (Å²) in [5.41, 5.74) is 0.806. The molecule has 108 valence electrons. The minimum Gasteiger partial charge on any atom is -0.481 e. The van der Waals surface area contributed by atoms with Crippen LogP contribution in [-0.4, -0.2) is 30.1 Å². The van der Waals surface area contributed by atoms with Crippen LogP contribution in [0.5, 0.6) is 0 Å². The number of rotatable bonds is 7. The van der Waals surface area contributed by atoms with E-state index in [0.717, 1.165) is 12.7 Å². The number of hydrogen-bond donors (Lipinski definition) is 1. The number of carboxylic acid groups (broad SMARTS) is 1. The number of aliphatic carboxylic acids is 1. The number of benzene rings is 1. The van der Waals surface area contributed by atoms with Crippen molar-refractivity contribution < 1.29 is 29.0 Å². The normalized spacial score (nSPS) is 11.4. The lowest BCUT2D eigenvalue weighted by atomic mass is 10.0. The molecule has 0 saturated heterocycles. The summed E-state index contributed by atoms with van der Waals surface area (Å²) in [6, 6.07) is 9.02. The standard InChI is InChI=1S/C14H16O6/c1-19-12(15)7-11(14(17)18)8-13(16)20-9-10-5-3-2-4-6-10/h2-6,11H,7-9H2,1H3,(H,17,18). The highest BCUT2D eigenvalue weighted by Crippen LogP contribution is 2.12. The van der Waals surface area contributed by atoms with Gasteiger partial charge in [0.25, 0.3) is 0 Å². The van der Waals surface area contributed by atoms with Crippen LogP contribution in [0.4, 0.5) is 0 Å². The van der Waals surface area contributed by atoms with Crippen LogP contribution in [0.3, 0.4) is 0 Å². The van der Waals surface area contributed by atoms with Crippen LogP contribution < -0.4 is 0 Å². The van der Waals surface area contributed by atoms with Crippen molar-refractivity contribution in [2.75, 3.05) is 7.11 Å². The third-order valence-electron chi connectivity index (χ3n) is 2.65. The molecule has 0 aromatic heterocycles. The summed E-state index contributed by atoms with van der Waals surface area (Å²) in [6.45, 7) is 0.0736. The van der Waals surface area contributed by atoms with E-state index in [-0.39, 0.29) is 19.4 Å². The van der Waals surface area contributed by atoms with Crippen molar-refractivity contribution in [3.05, 3.63) is 35.9 Å². The van der Waals surface area contributed by atoms with E-state index < -0.39 is 23.8 Å². The second-order valence-electron chi connectivity index (χ2n) is 4.17. The highest BCUT2D eigenvalue weighted by Gasteiger charge is 2.25. The van der Waals surface area contributed by atoms with Gasteiger partial charge in [0.15, 0.2) is 0 Å². The van der Waals surface area contributed by atoms with E-state index in [2.05, 4.69) is 4.74 Å². The number of ether oxygens (including phenoxy) is 2. The molecule has 0 amide bonds. The van der Waals surface area contributed by atoms with Crippen molar-refractivity contribution in [1.29, 1.82) is 0 Å². The molecule has 6 heteroatoms. The van der Waals surface area contributed by atoms with Crippen molar-refractivity contribution in [1.82, 2.24) is 0 Å². The van der Waals surface area contributed by atoms with Gasteiger partial charge in [-0.1, -0.05) is 30.3 Å². The zero-order valence-electron chi connectivity index (χ0n) is 11.1. The van der Waals surface area contributed by atoms with Crippen molar-refractivity contribution in [2.45, 2.75) is 19.4 Å². The topological polar surface area (TPSA) is 89.9 Å². The van der Waals surface area contributed by atoms with Gasteiger partial charge in [-0.05, 0) is 5.56 Å². The summed E-state index contributed by atoms with van der Waals surface area (Å²) in [6.07, 6.45) is -0.719. The summed E-state index contributed by atoms with van der Waals surface area (Å²) in [5.74, 6) is -3.70. The fourth-order valence-corrected chi connectivity index (χ4v) is 1.53. The van der Waals surface area contributed by atoms with Crippen LogP contribution in [0.2, 0.25) is 0 Å². The summed E-state index contributed by atoms with van der Waals surface area (Å²) in [7, 11) is 1.16. The van der Waals surface area contributed by atoms with Gasteiger partial charge in [-0.3, -0.25) is 14.4 Å². The monoisotopic (exact) mass is 280 g/mol. The number of carbonyl (C=O) groups excluding carboxylic acids is 2. The van der Waals surface area contributed by atoms with E-state index in [1.807, 2.05) is 6.07 Å². The average molecular weight is 280 g/mol. The predicted octanol–water partition coefficient (Wildman–Crippen LogP) is 1.38. The first-order chi connectivity index (χ1) is 9.52. The van der Waals surface area contributed by atoms with Crippen LogP contribution in [0.1, 0.15) is 18.4 Å². The van der Waals surface area contributed by atoms with Crippen LogP contribution in [0.15, 0.2) is 30.3 Å². The number of esters is 2. The van der Waals surface area contributed by atoms with Crippen LogP contribution in [-0.2, 0) is 30.5 Å². The lowest BCUT2D eigenvalue weighted by molar-refractivity contribution is -0.155. The Balaban J connectivity index is 2.46. The smallest absolute Gasteiger partial charge is 0.307 e. The lowest BCUT2D eigenvalue weighted by Crippen LogP contribution is -2.23. The minimum absolute atomic E-state index is 0.0736.